The first-order valence-electron chi connectivity index (χ1n) is 8.59. The van der Waals surface area contributed by atoms with Crippen LogP contribution < -0.4 is 10.6 Å². The third-order valence-electron chi connectivity index (χ3n) is 3.62. The van der Waals surface area contributed by atoms with Gasteiger partial charge in [-0.3, -0.25) is 9.59 Å². The van der Waals surface area contributed by atoms with Gasteiger partial charge in [0.2, 0.25) is 0 Å². The number of aromatic nitrogens is 2. The van der Waals surface area contributed by atoms with Gasteiger partial charge in [-0.05, 0) is 30.5 Å². The number of rotatable bonds is 5. The van der Waals surface area contributed by atoms with Crippen molar-refractivity contribution < 1.29 is 32.7 Å². The van der Waals surface area contributed by atoms with Crippen LogP contribution in [0.4, 0.5) is 18.9 Å². The maximum atomic E-state index is 12.4. The van der Waals surface area contributed by atoms with Crippen LogP contribution in [-0.4, -0.2) is 39.0 Å². The molecular weight excluding hydrogens is 437 g/mol. The smallest absolute Gasteiger partial charge is 0.475 e. The predicted octanol–water partition coefficient (Wildman–Crippen LogP) is 3.60. The SMILES string of the molecule is Cc1cnc(CNC(=O)c2ccccc2NC(=O)c2ccsc2)[nH]1.O=C(O)C(F)(F)F. The first-order chi connectivity index (χ1) is 14.6. The molecule has 0 spiro atoms. The third kappa shape index (κ3) is 7.26. The number of imidazole rings is 1. The largest absolute Gasteiger partial charge is 0.490 e. The van der Waals surface area contributed by atoms with E-state index in [4.69, 9.17) is 9.90 Å². The van der Waals surface area contributed by atoms with E-state index in [0.29, 0.717) is 29.2 Å². The summed E-state index contributed by atoms with van der Waals surface area (Å²) >= 11 is 1.45. The van der Waals surface area contributed by atoms with E-state index in [1.54, 1.807) is 41.9 Å². The molecule has 2 aromatic heterocycles. The number of carbonyl (C=O) groups is 3. The molecule has 0 bridgehead atoms. The van der Waals surface area contributed by atoms with E-state index in [2.05, 4.69) is 20.6 Å². The Morgan fingerprint density at radius 2 is 1.84 bits per heavy atom. The topological polar surface area (TPSA) is 124 Å². The maximum absolute atomic E-state index is 12.4. The van der Waals surface area contributed by atoms with Crippen molar-refractivity contribution in [1.82, 2.24) is 15.3 Å². The fourth-order valence-electron chi connectivity index (χ4n) is 2.19. The van der Waals surface area contributed by atoms with Gasteiger partial charge in [0.05, 0.1) is 23.4 Å². The van der Waals surface area contributed by atoms with Crippen LogP contribution >= 0.6 is 11.3 Å². The number of carboxylic acids is 1. The summed E-state index contributed by atoms with van der Waals surface area (Å²) < 4.78 is 31.7. The molecule has 0 fully saturated rings. The second-order valence-electron chi connectivity index (χ2n) is 6.01. The number of anilines is 1. The van der Waals surface area contributed by atoms with Crippen molar-refractivity contribution in [2.75, 3.05) is 5.32 Å². The van der Waals surface area contributed by atoms with Crippen LogP contribution in [0.3, 0.4) is 0 Å². The van der Waals surface area contributed by atoms with Crippen molar-refractivity contribution in [2.45, 2.75) is 19.6 Å². The van der Waals surface area contributed by atoms with E-state index in [1.807, 2.05) is 12.3 Å². The monoisotopic (exact) mass is 454 g/mol. The van der Waals surface area contributed by atoms with Gasteiger partial charge in [-0.25, -0.2) is 9.78 Å². The zero-order valence-corrected chi connectivity index (χ0v) is 16.8. The molecule has 2 heterocycles. The van der Waals surface area contributed by atoms with Gasteiger partial charge in [0.15, 0.2) is 0 Å². The van der Waals surface area contributed by atoms with Crippen LogP contribution in [0.25, 0.3) is 0 Å². The van der Waals surface area contributed by atoms with E-state index in [0.717, 1.165) is 5.69 Å². The highest BCUT2D eigenvalue weighted by atomic mass is 32.1. The van der Waals surface area contributed by atoms with Gasteiger partial charge in [0, 0.05) is 17.3 Å². The Morgan fingerprint density at radius 3 is 2.39 bits per heavy atom. The molecular formula is C19H17F3N4O4S. The molecule has 0 saturated heterocycles. The zero-order valence-electron chi connectivity index (χ0n) is 16.0. The van der Waals surface area contributed by atoms with Crippen molar-refractivity contribution in [3.63, 3.8) is 0 Å². The Kier molecular flexibility index (Phi) is 7.91. The average Bonchev–Trinajstić information content (AvgIpc) is 3.38. The highest BCUT2D eigenvalue weighted by Gasteiger charge is 2.38. The van der Waals surface area contributed by atoms with E-state index in [9.17, 15) is 22.8 Å². The number of aryl methyl sites for hydroxylation is 1. The lowest BCUT2D eigenvalue weighted by Crippen LogP contribution is -2.25. The molecule has 0 aliphatic heterocycles. The predicted molar refractivity (Wildman–Crippen MR) is 107 cm³/mol. The summed E-state index contributed by atoms with van der Waals surface area (Å²) in [5.41, 5.74) is 2.38. The van der Waals surface area contributed by atoms with Gasteiger partial charge >= 0.3 is 12.1 Å². The minimum absolute atomic E-state index is 0.238. The van der Waals surface area contributed by atoms with Crippen molar-refractivity contribution in [3.05, 3.63) is 69.9 Å². The number of H-pyrrole nitrogens is 1. The number of alkyl halides is 3. The van der Waals surface area contributed by atoms with E-state index < -0.39 is 12.1 Å². The Morgan fingerprint density at radius 1 is 1.16 bits per heavy atom. The van der Waals surface area contributed by atoms with Gasteiger partial charge in [-0.2, -0.15) is 24.5 Å². The minimum Gasteiger partial charge on any atom is -0.475 e. The number of aliphatic carboxylic acids is 1. The summed E-state index contributed by atoms with van der Waals surface area (Å²) in [5, 5.41) is 16.3. The molecule has 31 heavy (non-hydrogen) atoms. The number of hydrogen-bond donors (Lipinski definition) is 4. The standard InChI is InChI=1S/C17H16N4O2S.C2HF3O2/c1-11-8-18-15(20-11)9-19-17(23)13-4-2-3-5-14(13)21-16(22)12-6-7-24-10-12;3-2(4,5)1(6)7/h2-8,10H,9H2,1H3,(H,18,20)(H,19,23)(H,21,22);(H,6,7). The molecule has 8 nitrogen and oxygen atoms in total. The average molecular weight is 454 g/mol. The van der Waals surface area contributed by atoms with Gasteiger partial charge in [-0.1, -0.05) is 12.1 Å². The first kappa shape index (κ1) is 23.6. The molecule has 0 unspecified atom stereocenters. The minimum atomic E-state index is -5.08. The zero-order chi connectivity index (χ0) is 23.0. The summed E-state index contributed by atoms with van der Waals surface area (Å²) in [6.07, 6.45) is -3.38. The van der Waals surface area contributed by atoms with Crippen LogP contribution in [0.1, 0.15) is 32.2 Å². The highest BCUT2D eigenvalue weighted by Crippen LogP contribution is 2.17. The van der Waals surface area contributed by atoms with Gasteiger partial charge in [0.25, 0.3) is 11.8 Å². The molecule has 3 rings (SSSR count). The number of carboxylic acid groups (broad SMARTS) is 1. The number of benzene rings is 1. The molecule has 4 N–H and O–H groups in total. The molecule has 2 amide bonds. The molecule has 0 saturated carbocycles. The Hall–Kier alpha value is -3.67. The number of aromatic amines is 1. The lowest BCUT2D eigenvalue weighted by atomic mass is 10.1. The molecule has 0 atom stereocenters. The van der Waals surface area contributed by atoms with Crippen LogP contribution in [0.15, 0.2) is 47.3 Å². The number of nitrogens with one attached hydrogen (secondary N) is 3. The Balaban J connectivity index is 0.000000423. The normalized spacial score (nSPS) is 10.6. The van der Waals surface area contributed by atoms with Gasteiger partial charge in [-0.15, -0.1) is 0 Å². The lowest BCUT2D eigenvalue weighted by molar-refractivity contribution is -0.192. The van der Waals surface area contributed by atoms with Crippen LogP contribution in [-0.2, 0) is 11.3 Å². The van der Waals surface area contributed by atoms with Crippen LogP contribution in [0.5, 0.6) is 0 Å². The summed E-state index contributed by atoms with van der Waals surface area (Å²) in [5.74, 6) is -2.59. The Bertz CT molecular complexity index is 1050. The molecule has 1 aromatic carbocycles. The number of carbonyl (C=O) groups excluding carboxylic acids is 2. The van der Waals surface area contributed by atoms with Gasteiger partial charge in [0.1, 0.15) is 5.82 Å². The Labute approximate surface area is 178 Å². The van der Waals surface area contributed by atoms with E-state index in [1.165, 1.54) is 11.3 Å². The fourth-order valence-corrected chi connectivity index (χ4v) is 2.83. The van der Waals surface area contributed by atoms with E-state index >= 15 is 0 Å². The summed E-state index contributed by atoms with van der Waals surface area (Å²) in [6.45, 7) is 2.19. The molecule has 3 aromatic rings. The third-order valence-corrected chi connectivity index (χ3v) is 4.30. The maximum Gasteiger partial charge on any atom is 0.490 e. The van der Waals surface area contributed by atoms with Crippen molar-refractivity contribution in [2.24, 2.45) is 0 Å². The number of para-hydroxylation sites is 1. The quantitative estimate of drug-likeness (QED) is 0.469. The lowest BCUT2D eigenvalue weighted by Gasteiger charge is -2.10. The molecule has 0 radical (unpaired) electrons. The summed E-state index contributed by atoms with van der Waals surface area (Å²) in [6, 6.07) is 8.65. The van der Waals surface area contributed by atoms with Crippen molar-refractivity contribution in [3.8, 4) is 0 Å². The molecule has 0 aliphatic carbocycles. The van der Waals surface area contributed by atoms with Crippen molar-refractivity contribution >= 4 is 34.8 Å². The number of hydrogen-bond acceptors (Lipinski definition) is 5. The number of halogens is 3. The molecule has 12 heteroatoms. The second kappa shape index (κ2) is 10.4. The first-order valence-corrected chi connectivity index (χ1v) is 9.53. The van der Waals surface area contributed by atoms with Gasteiger partial charge < -0.3 is 20.7 Å². The molecule has 0 aliphatic rings. The highest BCUT2D eigenvalue weighted by molar-refractivity contribution is 7.08. The summed E-state index contributed by atoms with van der Waals surface area (Å²) in [4.78, 5) is 40.7. The fraction of sp³-hybridized carbons (Fsp3) is 0.158. The van der Waals surface area contributed by atoms with E-state index in [-0.39, 0.29) is 11.8 Å². The summed E-state index contributed by atoms with van der Waals surface area (Å²) in [7, 11) is 0. The second-order valence-corrected chi connectivity index (χ2v) is 6.79. The van der Waals surface area contributed by atoms with Crippen molar-refractivity contribution in [1.29, 1.82) is 0 Å². The number of amides is 2. The molecule has 164 valence electrons. The van der Waals surface area contributed by atoms with Crippen LogP contribution in [0, 0.1) is 6.92 Å². The number of thiophene rings is 1. The number of nitrogens with zero attached hydrogens (tertiary/aromatic N) is 1. The van der Waals surface area contributed by atoms with Crippen LogP contribution in [0.2, 0.25) is 0 Å².